The van der Waals surface area contributed by atoms with Crippen molar-refractivity contribution in [2.24, 2.45) is 0 Å². The number of carbonyl (C=O) groups is 1. The summed E-state index contributed by atoms with van der Waals surface area (Å²) in [6.45, 7) is -0.0327. The Kier molecular flexibility index (Phi) is 4.73. The largest absolute Gasteiger partial charge is 0.348 e. The first-order valence-corrected chi connectivity index (χ1v) is 6.81. The van der Waals surface area contributed by atoms with Crippen LogP contribution in [0.4, 0.5) is 8.78 Å². The smallest absolute Gasteiger partial charge is 0.251 e. The van der Waals surface area contributed by atoms with Gasteiger partial charge in [-0.3, -0.25) is 4.79 Å². The fraction of sp³-hybridized carbons (Fsp3) is 0.0714. The maximum atomic E-state index is 13.4. The standard InChI is InChI=1S/C14H9BrClF2NO/c15-10-3-9(4-11(16)5-10)14(20)19-7-8-1-2-12(17)6-13(8)18/h1-6H,7H2,(H,19,20). The molecule has 0 aliphatic carbocycles. The normalized spacial score (nSPS) is 10.4. The Bertz CT molecular complexity index is 643. The third kappa shape index (κ3) is 3.77. The lowest BCUT2D eigenvalue weighted by atomic mass is 10.2. The fourth-order valence-electron chi connectivity index (χ4n) is 1.63. The van der Waals surface area contributed by atoms with E-state index >= 15 is 0 Å². The van der Waals surface area contributed by atoms with Crippen molar-refractivity contribution in [2.75, 3.05) is 0 Å². The number of benzene rings is 2. The van der Waals surface area contributed by atoms with Gasteiger partial charge in [0.1, 0.15) is 11.6 Å². The van der Waals surface area contributed by atoms with Gasteiger partial charge < -0.3 is 5.32 Å². The monoisotopic (exact) mass is 359 g/mol. The Morgan fingerprint density at radius 3 is 2.60 bits per heavy atom. The summed E-state index contributed by atoms with van der Waals surface area (Å²) in [6.07, 6.45) is 0. The zero-order valence-electron chi connectivity index (χ0n) is 10.1. The first-order valence-electron chi connectivity index (χ1n) is 5.64. The SMILES string of the molecule is O=C(NCc1ccc(F)cc1F)c1cc(Cl)cc(Br)c1. The summed E-state index contributed by atoms with van der Waals surface area (Å²) in [4.78, 5) is 11.9. The molecular formula is C14H9BrClF2NO. The molecule has 2 aromatic carbocycles. The van der Waals surface area contributed by atoms with Crippen LogP contribution in [0.5, 0.6) is 0 Å². The Labute approximate surface area is 127 Å². The van der Waals surface area contributed by atoms with Gasteiger partial charge in [-0.15, -0.1) is 0 Å². The van der Waals surface area contributed by atoms with Crippen LogP contribution in [0.25, 0.3) is 0 Å². The molecule has 2 rings (SSSR count). The van der Waals surface area contributed by atoms with Crippen molar-refractivity contribution in [1.82, 2.24) is 5.32 Å². The predicted octanol–water partition coefficient (Wildman–Crippen LogP) is 4.31. The summed E-state index contributed by atoms with van der Waals surface area (Å²) < 4.78 is 26.8. The van der Waals surface area contributed by atoms with Gasteiger partial charge in [0, 0.05) is 33.2 Å². The molecular weight excluding hydrogens is 352 g/mol. The summed E-state index contributed by atoms with van der Waals surface area (Å²) in [5, 5.41) is 2.96. The quantitative estimate of drug-likeness (QED) is 0.868. The number of hydrogen-bond donors (Lipinski definition) is 1. The zero-order valence-corrected chi connectivity index (χ0v) is 12.4. The molecule has 0 radical (unpaired) electrons. The molecule has 2 aromatic rings. The van der Waals surface area contributed by atoms with Crippen molar-refractivity contribution in [3.8, 4) is 0 Å². The minimum Gasteiger partial charge on any atom is -0.348 e. The van der Waals surface area contributed by atoms with Gasteiger partial charge in [0.25, 0.3) is 5.91 Å². The minimum atomic E-state index is -0.697. The first-order chi connectivity index (χ1) is 9.45. The Morgan fingerprint density at radius 1 is 1.20 bits per heavy atom. The van der Waals surface area contributed by atoms with E-state index in [9.17, 15) is 13.6 Å². The van der Waals surface area contributed by atoms with Gasteiger partial charge >= 0.3 is 0 Å². The van der Waals surface area contributed by atoms with E-state index in [0.717, 1.165) is 12.1 Å². The predicted molar refractivity (Wildman–Crippen MR) is 76.7 cm³/mol. The van der Waals surface area contributed by atoms with Crippen LogP contribution >= 0.6 is 27.5 Å². The highest BCUT2D eigenvalue weighted by atomic mass is 79.9. The summed E-state index contributed by atoms with van der Waals surface area (Å²) in [5.74, 6) is -1.74. The second-order valence-electron chi connectivity index (χ2n) is 4.08. The molecule has 0 saturated heterocycles. The highest BCUT2D eigenvalue weighted by Gasteiger charge is 2.09. The van der Waals surface area contributed by atoms with Crippen LogP contribution in [0.2, 0.25) is 5.02 Å². The van der Waals surface area contributed by atoms with E-state index in [1.807, 2.05) is 0 Å². The van der Waals surface area contributed by atoms with Gasteiger partial charge in [0.15, 0.2) is 0 Å². The van der Waals surface area contributed by atoms with Crippen LogP contribution in [0.15, 0.2) is 40.9 Å². The summed E-state index contributed by atoms with van der Waals surface area (Å²) in [6, 6.07) is 7.96. The van der Waals surface area contributed by atoms with E-state index in [-0.39, 0.29) is 12.1 Å². The molecule has 2 nitrogen and oxygen atoms in total. The van der Waals surface area contributed by atoms with E-state index in [1.54, 1.807) is 12.1 Å². The van der Waals surface area contributed by atoms with Gasteiger partial charge in [-0.1, -0.05) is 33.6 Å². The van der Waals surface area contributed by atoms with Gasteiger partial charge in [-0.05, 0) is 24.3 Å². The van der Waals surface area contributed by atoms with E-state index in [4.69, 9.17) is 11.6 Å². The molecule has 20 heavy (non-hydrogen) atoms. The summed E-state index contributed by atoms with van der Waals surface area (Å²) in [7, 11) is 0. The van der Waals surface area contributed by atoms with Crippen molar-refractivity contribution in [1.29, 1.82) is 0 Å². The van der Waals surface area contributed by atoms with E-state index in [2.05, 4.69) is 21.2 Å². The average Bonchev–Trinajstić information content (AvgIpc) is 2.36. The Morgan fingerprint density at radius 2 is 1.95 bits per heavy atom. The lowest BCUT2D eigenvalue weighted by Gasteiger charge is -2.07. The second kappa shape index (κ2) is 6.33. The van der Waals surface area contributed by atoms with Gasteiger partial charge in [0.2, 0.25) is 0 Å². The molecule has 0 unspecified atom stereocenters. The van der Waals surface area contributed by atoms with Gasteiger partial charge in [-0.2, -0.15) is 0 Å². The topological polar surface area (TPSA) is 29.1 Å². The van der Waals surface area contributed by atoms with E-state index in [0.29, 0.717) is 15.1 Å². The van der Waals surface area contributed by atoms with E-state index < -0.39 is 17.5 Å². The van der Waals surface area contributed by atoms with Crippen LogP contribution in [0, 0.1) is 11.6 Å². The molecule has 0 bridgehead atoms. The van der Waals surface area contributed by atoms with Crippen molar-refractivity contribution in [2.45, 2.75) is 6.54 Å². The molecule has 1 N–H and O–H groups in total. The Hall–Kier alpha value is -1.46. The molecule has 0 aliphatic heterocycles. The maximum absolute atomic E-state index is 13.4. The third-order valence-electron chi connectivity index (χ3n) is 2.58. The van der Waals surface area contributed by atoms with Crippen molar-refractivity contribution in [3.05, 3.63) is 68.7 Å². The molecule has 1 amide bonds. The molecule has 0 aliphatic rings. The van der Waals surface area contributed by atoms with Crippen LogP contribution in [0.3, 0.4) is 0 Å². The van der Waals surface area contributed by atoms with Crippen LogP contribution in [-0.2, 0) is 6.54 Å². The third-order valence-corrected chi connectivity index (χ3v) is 3.26. The molecule has 104 valence electrons. The number of halogens is 4. The number of hydrogen-bond acceptors (Lipinski definition) is 1. The Balaban J connectivity index is 2.08. The van der Waals surface area contributed by atoms with Crippen molar-refractivity contribution >= 4 is 33.4 Å². The lowest BCUT2D eigenvalue weighted by molar-refractivity contribution is 0.0950. The molecule has 0 fully saturated rings. The van der Waals surface area contributed by atoms with Crippen LogP contribution in [-0.4, -0.2) is 5.91 Å². The number of rotatable bonds is 3. The number of nitrogens with one attached hydrogen (secondary N) is 1. The van der Waals surface area contributed by atoms with Crippen LogP contribution in [0.1, 0.15) is 15.9 Å². The summed E-state index contributed by atoms with van der Waals surface area (Å²) in [5.41, 5.74) is 0.563. The maximum Gasteiger partial charge on any atom is 0.251 e. The molecule has 0 spiro atoms. The molecule has 0 heterocycles. The van der Waals surface area contributed by atoms with Gasteiger partial charge in [0.05, 0.1) is 0 Å². The molecule has 6 heteroatoms. The minimum absolute atomic E-state index is 0.0327. The van der Waals surface area contributed by atoms with Crippen molar-refractivity contribution in [3.63, 3.8) is 0 Å². The highest BCUT2D eigenvalue weighted by molar-refractivity contribution is 9.10. The van der Waals surface area contributed by atoms with Crippen LogP contribution < -0.4 is 5.32 Å². The number of amides is 1. The molecule has 0 aromatic heterocycles. The molecule has 0 saturated carbocycles. The fourth-order valence-corrected chi connectivity index (χ4v) is 2.49. The highest BCUT2D eigenvalue weighted by Crippen LogP contribution is 2.19. The lowest BCUT2D eigenvalue weighted by Crippen LogP contribution is -2.23. The number of carbonyl (C=O) groups excluding carboxylic acids is 1. The second-order valence-corrected chi connectivity index (χ2v) is 5.43. The first kappa shape index (κ1) is 14.9. The van der Waals surface area contributed by atoms with E-state index in [1.165, 1.54) is 12.1 Å². The zero-order chi connectivity index (χ0) is 14.7. The average molecular weight is 361 g/mol. The van der Waals surface area contributed by atoms with Gasteiger partial charge in [-0.25, -0.2) is 8.78 Å². The summed E-state index contributed by atoms with van der Waals surface area (Å²) >= 11 is 9.07. The van der Waals surface area contributed by atoms with Crippen molar-refractivity contribution < 1.29 is 13.6 Å². The molecule has 0 atom stereocenters.